The molecule has 1 radical (unpaired) electrons. The largest absolute Gasteiger partial charge is 0.534 e. The number of aliphatic hydroxyl groups excluding tert-OH is 1. The topological polar surface area (TPSA) is 543 Å². The van der Waals surface area contributed by atoms with E-state index in [4.69, 9.17) is 39.1 Å². The van der Waals surface area contributed by atoms with Gasteiger partial charge in [0.05, 0.1) is 42.8 Å². The Balaban J connectivity index is -0.000000115. The number of nitro benzene ring substituents is 1. The van der Waals surface area contributed by atoms with E-state index in [1.54, 1.807) is 45.2 Å². The zero-order valence-electron chi connectivity index (χ0n) is 59.7. The van der Waals surface area contributed by atoms with Gasteiger partial charge >= 0.3 is 30.2 Å². The molecule has 7 amide bonds. The number of non-ortho nitro benzene ring substituents is 1. The van der Waals surface area contributed by atoms with Gasteiger partial charge in [0.1, 0.15) is 23.6 Å². The predicted octanol–water partition coefficient (Wildman–Crippen LogP) is 5.36. The number of likely N-dealkylation sites (N-methyl/N-ethyl adjacent to an activating group) is 1. The summed E-state index contributed by atoms with van der Waals surface area (Å²) in [6.07, 6.45) is 12.9. The molecule has 2 saturated heterocycles. The van der Waals surface area contributed by atoms with E-state index in [1.807, 2.05) is 32.9 Å². The number of allylic oxidation sites excluding steroid dienone is 1. The molecule has 2 aromatic carbocycles. The number of aliphatic carboxylic acids is 2. The number of nitrogens with zero attached hydrogens (tertiary/aromatic N) is 9. The molecule has 2 fully saturated rings. The molecule has 3 aliphatic heterocycles. The predicted molar refractivity (Wildman–Crippen MR) is 373 cm³/mol. The number of hydrogen-bond donors (Lipinski definition) is 7. The number of nitro groups is 1. The van der Waals surface area contributed by atoms with Crippen molar-refractivity contribution in [3.8, 4) is 0 Å². The summed E-state index contributed by atoms with van der Waals surface area (Å²) in [4.78, 5) is 171. The molecule has 0 spiro atoms. The van der Waals surface area contributed by atoms with Crippen molar-refractivity contribution in [2.45, 2.75) is 114 Å². The van der Waals surface area contributed by atoms with Crippen LogP contribution in [0.15, 0.2) is 92.1 Å². The van der Waals surface area contributed by atoms with Gasteiger partial charge in [-0.25, -0.2) is 33.6 Å². The van der Waals surface area contributed by atoms with Gasteiger partial charge in [-0.1, -0.05) is 64.6 Å². The molecule has 7 N–H and O–H groups in total. The Morgan fingerprint density at radius 2 is 1.15 bits per heavy atom. The number of aromatic nitrogens is 5. The second-order valence-corrected chi connectivity index (χ2v) is 17.5. The van der Waals surface area contributed by atoms with Crippen LogP contribution in [0.4, 0.5) is 15.3 Å². The van der Waals surface area contributed by atoms with Crippen LogP contribution in [0.25, 0.3) is 11.0 Å². The minimum Gasteiger partial charge on any atom is -0.481 e. The van der Waals surface area contributed by atoms with Crippen LogP contribution in [0, 0.1) is 10.1 Å². The number of para-hydroxylation sites is 1. The number of aldehydes is 1. The number of likely N-dealkylation sites (tertiary alicyclic amines) is 1. The molecule has 38 nitrogen and oxygen atoms in total. The molecular formula is C60H96N11O27S3V-. The fraction of sp³-hybridized carbons (Fsp3) is 0.450. The Morgan fingerprint density at radius 3 is 1.44 bits per heavy atom. The monoisotopic (exact) mass is 1550 g/mol. The van der Waals surface area contributed by atoms with Gasteiger partial charge in [0.25, 0.3) is 35.3 Å². The van der Waals surface area contributed by atoms with Crippen molar-refractivity contribution in [1.82, 2.24) is 39.6 Å². The van der Waals surface area contributed by atoms with Crippen LogP contribution < -0.4 is 16.3 Å². The van der Waals surface area contributed by atoms with Crippen molar-refractivity contribution in [3.05, 3.63) is 108 Å². The summed E-state index contributed by atoms with van der Waals surface area (Å²) in [5.74, 6) is -4.23. The Kier molecular flexibility index (Phi) is 87.7. The minimum atomic E-state index is -2.32. The number of thiol groups is 2. The summed E-state index contributed by atoms with van der Waals surface area (Å²) in [5.41, 5.74) is 10.9. The molecule has 577 valence electrons. The molecule has 0 atom stereocenters. The summed E-state index contributed by atoms with van der Waals surface area (Å²) >= 11 is 7.32. The number of hydrogen-bond acceptors (Lipinski definition) is 33. The molecule has 0 unspecified atom stereocenters. The second kappa shape index (κ2) is 78.7. The number of amides is 7. The summed E-state index contributed by atoms with van der Waals surface area (Å²) in [5, 5.41) is 40.3. The van der Waals surface area contributed by atoms with Gasteiger partial charge in [-0.05, 0) is 68.4 Å². The molecule has 5 heterocycles. The number of imide groups is 5. The zero-order chi connectivity index (χ0) is 80.6. The number of methoxy groups -OCH3 is 3. The van der Waals surface area contributed by atoms with Gasteiger partial charge in [0, 0.05) is 135 Å². The van der Waals surface area contributed by atoms with Crippen LogP contribution in [0.5, 0.6) is 0 Å². The smallest absolute Gasteiger partial charge is 0.481 e. The first-order chi connectivity index (χ1) is 47.8. The van der Waals surface area contributed by atoms with Crippen molar-refractivity contribution in [1.29, 1.82) is 0 Å². The van der Waals surface area contributed by atoms with E-state index < -0.39 is 69.8 Å². The van der Waals surface area contributed by atoms with E-state index >= 15 is 0 Å². The number of imidazole rings is 1. The number of carbonyl (C=O) groups is 14. The molecule has 42 heteroatoms. The first-order valence-corrected chi connectivity index (χ1v) is 31.6. The van der Waals surface area contributed by atoms with Crippen molar-refractivity contribution >= 4 is 137 Å². The second-order valence-electron chi connectivity index (χ2n) is 16.2. The maximum absolute atomic E-state index is 10.9. The van der Waals surface area contributed by atoms with E-state index in [-0.39, 0.29) is 86.4 Å². The number of carbonyl (C=O) groups excluding carboxylic acids is 12. The number of fused-ring (bicyclic) bond motifs is 1. The van der Waals surface area contributed by atoms with Gasteiger partial charge < -0.3 is 63.2 Å². The normalized spacial score (nSPS) is 10.8. The third-order valence-electron chi connectivity index (χ3n) is 8.98. The number of aliphatic hydroxyl groups is 1. The zero-order valence-corrected chi connectivity index (χ0v) is 63.7. The number of carboxylic acid groups (broad SMARTS) is 2. The Morgan fingerprint density at radius 1 is 0.735 bits per heavy atom. The molecule has 7 rings (SSSR count). The molecule has 2 aromatic heterocycles. The molecule has 102 heavy (non-hydrogen) atoms. The Hall–Kier alpha value is -9.62. The van der Waals surface area contributed by atoms with Crippen molar-refractivity contribution < 1.29 is 142 Å². The summed E-state index contributed by atoms with van der Waals surface area (Å²) in [7, 11) is 5.06. The third kappa shape index (κ3) is 63.8. The average Bonchev–Trinajstić information content (AvgIpc) is 1.68. The van der Waals surface area contributed by atoms with Crippen LogP contribution in [0.3, 0.4) is 0 Å². The molecule has 0 saturated carbocycles. The quantitative estimate of drug-likeness (QED) is 0.0100. The number of rotatable bonds is 10. The maximum atomic E-state index is 10.9. The van der Waals surface area contributed by atoms with Crippen LogP contribution in [0.2, 0.25) is 0 Å². The SMILES string of the molecule is C=CCC.CC(=O)O.CC(=O)ON1C(=O)CCC1=O.CCC(=O)N1C(=O)CCC1=O.CCC(=O)O.CCC=O.CCN.CCN1C(=O)C=CC1=O.CCS.CN.CO.COC(=O)On1nnc2ccccc21.COC(=O)c1ccc([N+](=O)[O-])cc1.COC(=O)n1ccnc1.CO[S-](=O)=O.CS.[V]. The van der Waals surface area contributed by atoms with Crippen molar-refractivity contribution in [3.63, 3.8) is 0 Å². The van der Waals surface area contributed by atoms with Gasteiger partial charge in [-0.15, -0.1) is 16.7 Å². The minimum absolute atomic E-state index is 0. The fourth-order valence-electron chi connectivity index (χ4n) is 4.87. The fourth-order valence-corrected chi connectivity index (χ4v) is 4.87. The van der Waals surface area contributed by atoms with E-state index in [9.17, 15) is 72.4 Å². The summed E-state index contributed by atoms with van der Waals surface area (Å²) < 4.78 is 36.3. The van der Waals surface area contributed by atoms with Crippen LogP contribution in [-0.4, -0.2) is 211 Å². The third-order valence-corrected chi connectivity index (χ3v) is 9.25. The number of hydroxylamine groups is 2. The Labute approximate surface area is 616 Å². The number of nitrogens with two attached hydrogens (primary N) is 2. The number of benzene rings is 2. The van der Waals surface area contributed by atoms with Crippen LogP contribution in [0.1, 0.15) is 124 Å². The van der Waals surface area contributed by atoms with Gasteiger partial charge in [0.2, 0.25) is 17.7 Å². The molecular weight excluding hydrogens is 1450 g/mol. The van der Waals surface area contributed by atoms with Gasteiger partial charge in [-0.2, -0.15) is 25.3 Å². The van der Waals surface area contributed by atoms with E-state index in [1.165, 1.54) is 93.0 Å². The molecule has 3 aliphatic rings. The standard InChI is InChI=1S/C8H7N3O3.C8H7NO4.C7H9NO3.C6H7NO4.C6H7NO2.C5H6N2O2.C4H8.C3H6O2.C3H6O.C2H7N.C2H4O2.C2H6S.CH5N.CH3O3S.CH4O.CH4S.V/c1-13-8(12)14-11-7-5-3-2-4-6(7)9-10-11;1-13-8(10)6-2-4-7(5-3-6)9(11)12;1-2-5(9)8-6(10)3-4-7(8)11;1-4(8)11-7-5(9)2-3-6(7)10;1-2-7-5(8)3-4-6(7)9;1-9-5(8)7-3-2-6-4-7;1-3-4-2;1-2-3(4)5;1-2-3-4;1-2-3;1-2(3)4;1-2-3;1-2;1-4-5(2)3;2*1-2;/h2-5H,1H3;2-5H,1H3;2-4H2,1H3;2-3H2,1H3;3-4H,2H2,1H3;2-4H,1H3;3H,1,4H2,2H3;2H2,1H3,(H,4,5);3H,2H2,1H3;2-3H2,1H3;1H3,(H,3,4);3H,2H2,1H3;2H2,1H3;1H3;2*2H,1H3;/q;;;;;;;;;;;;;-1;;;. The van der Waals surface area contributed by atoms with E-state index in [2.05, 4.69) is 83.0 Å². The number of esters is 1. The summed E-state index contributed by atoms with van der Waals surface area (Å²) in [6.45, 7) is 19.7. The Bertz CT molecular complexity index is 3070. The first-order valence-electron chi connectivity index (χ1n) is 29.1. The molecule has 0 bridgehead atoms. The van der Waals surface area contributed by atoms with Gasteiger partial charge in [0.15, 0.2) is 0 Å². The average molecular weight is 1550 g/mol. The van der Waals surface area contributed by atoms with Crippen molar-refractivity contribution in [2.75, 3.05) is 67.7 Å². The summed E-state index contributed by atoms with van der Waals surface area (Å²) in [6, 6.07) is 12.3. The number of ether oxygens (including phenoxy) is 3. The van der Waals surface area contributed by atoms with Crippen molar-refractivity contribution in [2.24, 2.45) is 11.5 Å². The van der Waals surface area contributed by atoms with Crippen LogP contribution >= 0.6 is 25.3 Å². The van der Waals surface area contributed by atoms with Crippen LogP contribution in [-0.2, 0) is 114 Å². The first kappa shape index (κ1) is 114. The van der Waals surface area contributed by atoms with E-state index in [0.717, 1.165) is 62.8 Å². The van der Waals surface area contributed by atoms with E-state index in [0.29, 0.717) is 34.6 Å². The maximum Gasteiger partial charge on any atom is 0.534 e. The molecule has 4 aromatic rings. The molecule has 0 aliphatic carbocycles. The van der Waals surface area contributed by atoms with Gasteiger partial charge in [-0.3, -0.25) is 63.0 Å². The number of carboxylic acids is 2.